The molecule has 0 heterocycles. The Morgan fingerprint density at radius 1 is 1.07 bits per heavy atom. The Morgan fingerprint density at radius 2 is 1.78 bits per heavy atom. The van der Waals surface area contributed by atoms with E-state index in [1.165, 1.54) is 31.4 Å². The van der Waals surface area contributed by atoms with Crippen molar-refractivity contribution in [1.29, 1.82) is 0 Å². The third-order valence-electron chi connectivity index (χ3n) is 3.37. The van der Waals surface area contributed by atoms with Crippen LogP contribution < -0.4 is 15.6 Å². The van der Waals surface area contributed by atoms with Crippen molar-refractivity contribution < 1.29 is 29.0 Å². The van der Waals surface area contributed by atoms with Crippen molar-refractivity contribution in [2.45, 2.75) is 6.42 Å². The Hall–Kier alpha value is -3.26. The molecule has 0 spiro atoms. The summed E-state index contributed by atoms with van der Waals surface area (Å²) in [6.45, 7) is -0.566. The lowest BCUT2D eigenvalue weighted by Gasteiger charge is -2.11. The second-order valence-corrected chi connectivity index (χ2v) is 5.79. The summed E-state index contributed by atoms with van der Waals surface area (Å²) in [6.07, 6.45) is -0.0559. The number of phenolic OH excluding ortho intramolecular Hbond substituents is 1. The number of halogens is 1. The van der Waals surface area contributed by atoms with E-state index in [0.717, 1.165) is 0 Å². The van der Waals surface area contributed by atoms with Crippen LogP contribution in [0.2, 0.25) is 5.02 Å². The molecule has 0 fully saturated rings. The number of rotatable bonds is 6. The van der Waals surface area contributed by atoms with E-state index in [4.69, 9.17) is 21.1 Å². The summed E-state index contributed by atoms with van der Waals surface area (Å²) >= 11 is 5.85. The first-order chi connectivity index (χ1) is 12.9. The number of aromatic hydroxyl groups is 1. The first-order valence-electron chi connectivity index (χ1n) is 7.75. The highest BCUT2D eigenvalue weighted by Gasteiger charge is 2.14. The largest absolute Gasteiger partial charge is 0.508 e. The second-order valence-electron chi connectivity index (χ2n) is 5.35. The number of benzene rings is 2. The van der Waals surface area contributed by atoms with Gasteiger partial charge < -0.3 is 14.6 Å². The number of hydrogen-bond donors (Lipinski definition) is 3. The predicted molar refractivity (Wildman–Crippen MR) is 96.4 cm³/mol. The van der Waals surface area contributed by atoms with Crippen LogP contribution in [0.5, 0.6) is 11.5 Å². The number of ether oxygens (including phenoxy) is 2. The van der Waals surface area contributed by atoms with Crippen LogP contribution in [-0.4, -0.2) is 36.6 Å². The number of esters is 1. The number of nitrogens with one attached hydrogen (secondary N) is 2. The summed E-state index contributed by atoms with van der Waals surface area (Å²) in [7, 11) is 1.39. The van der Waals surface area contributed by atoms with Crippen molar-refractivity contribution in [3.8, 4) is 11.5 Å². The van der Waals surface area contributed by atoms with Gasteiger partial charge in [-0.2, -0.15) is 0 Å². The molecule has 9 heteroatoms. The molecule has 2 amide bonds. The van der Waals surface area contributed by atoms with Crippen molar-refractivity contribution in [1.82, 2.24) is 10.9 Å². The fourth-order valence-corrected chi connectivity index (χ4v) is 2.24. The standard InChI is InChI=1S/C18H17ClN2O6/c1-26-15-7-4-12(19)9-14(15)18(25)21-20-16(23)10-27-17(24)8-11-2-5-13(22)6-3-11/h2-7,9,22H,8,10H2,1H3,(H,20,23)(H,21,25). The third kappa shape index (κ3) is 6.19. The maximum Gasteiger partial charge on any atom is 0.310 e. The van der Waals surface area contributed by atoms with Crippen LogP contribution in [0.1, 0.15) is 15.9 Å². The van der Waals surface area contributed by atoms with Crippen LogP contribution in [-0.2, 0) is 20.7 Å². The maximum atomic E-state index is 12.1. The summed E-state index contributed by atoms with van der Waals surface area (Å²) in [5.41, 5.74) is 5.07. The number of hydrogen-bond acceptors (Lipinski definition) is 6. The van der Waals surface area contributed by atoms with E-state index in [1.54, 1.807) is 18.2 Å². The quantitative estimate of drug-likeness (QED) is 0.508. The number of phenols is 1. The van der Waals surface area contributed by atoms with Gasteiger partial charge in [-0.25, -0.2) is 0 Å². The predicted octanol–water partition coefficient (Wildman–Crippen LogP) is 1.60. The summed E-state index contributed by atoms with van der Waals surface area (Å²) in [5, 5.41) is 9.51. The monoisotopic (exact) mass is 392 g/mol. The SMILES string of the molecule is COc1ccc(Cl)cc1C(=O)NNC(=O)COC(=O)Cc1ccc(O)cc1. The minimum Gasteiger partial charge on any atom is -0.508 e. The molecule has 3 N–H and O–H groups in total. The van der Waals surface area contributed by atoms with Gasteiger partial charge in [0.2, 0.25) is 0 Å². The smallest absolute Gasteiger partial charge is 0.310 e. The lowest BCUT2D eigenvalue weighted by Crippen LogP contribution is -2.43. The highest BCUT2D eigenvalue weighted by atomic mass is 35.5. The first-order valence-corrected chi connectivity index (χ1v) is 8.13. The molecule has 0 aliphatic rings. The topological polar surface area (TPSA) is 114 Å². The van der Waals surface area contributed by atoms with Crippen LogP contribution in [0, 0.1) is 0 Å². The maximum absolute atomic E-state index is 12.1. The zero-order valence-corrected chi connectivity index (χ0v) is 15.1. The number of amides is 2. The molecular formula is C18H17ClN2O6. The van der Waals surface area contributed by atoms with Crippen LogP contribution in [0.15, 0.2) is 42.5 Å². The first kappa shape index (κ1) is 20.1. The molecule has 0 aliphatic heterocycles. The molecule has 0 saturated heterocycles. The van der Waals surface area contributed by atoms with E-state index in [2.05, 4.69) is 10.9 Å². The molecule has 0 aromatic heterocycles. The molecule has 2 rings (SSSR count). The molecule has 27 heavy (non-hydrogen) atoms. The van der Waals surface area contributed by atoms with Gasteiger partial charge in [0.1, 0.15) is 11.5 Å². The Bertz CT molecular complexity index is 838. The van der Waals surface area contributed by atoms with Gasteiger partial charge in [0, 0.05) is 5.02 Å². The number of methoxy groups -OCH3 is 1. The molecule has 142 valence electrons. The van der Waals surface area contributed by atoms with Gasteiger partial charge in [-0.05, 0) is 35.9 Å². The Kier molecular flexibility index (Phi) is 7.01. The Labute approximate surface area is 160 Å². The van der Waals surface area contributed by atoms with Gasteiger partial charge in [-0.1, -0.05) is 23.7 Å². The van der Waals surface area contributed by atoms with Crippen molar-refractivity contribution in [3.05, 3.63) is 58.6 Å². The molecule has 0 atom stereocenters. The summed E-state index contributed by atoms with van der Waals surface area (Å²) in [6, 6.07) is 10.5. The van der Waals surface area contributed by atoms with Crippen LogP contribution in [0.25, 0.3) is 0 Å². The average Bonchev–Trinajstić information content (AvgIpc) is 2.66. The van der Waals surface area contributed by atoms with Crippen LogP contribution in [0.3, 0.4) is 0 Å². The summed E-state index contributed by atoms with van der Waals surface area (Å²) in [4.78, 5) is 35.5. The van der Waals surface area contributed by atoms with Crippen LogP contribution >= 0.6 is 11.6 Å². The van der Waals surface area contributed by atoms with Gasteiger partial charge >= 0.3 is 5.97 Å². The zero-order chi connectivity index (χ0) is 19.8. The fraction of sp³-hybridized carbons (Fsp3) is 0.167. The van der Waals surface area contributed by atoms with Gasteiger partial charge in [0.05, 0.1) is 19.1 Å². The Morgan fingerprint density at radius 3 is 2.44 bits per heavy atom. The molecule has 0 unspecified atom stereocenters. The van der Waals surface area contributed by atoms with Gasteiger partial charge in [-0.15, -0.1) is 0 Å². The minimum absolute atomic E-state index is 0.0559. The molecule has 0 bridgehead atoms. The molecule has 2 aromatic carbocycles. The number of hydrazine groups is 1. The molecule has 8 nitrogen and oxygen atoms in total. The highest BCUT2D eigenvalue weighted by molar-refractivity contribution is 6.31. The molecule has 2 aromatic rings. The molecular weight excluding hydrogens is 376 g/mol. The van der Waals surface area contributed by atoms with Crippen LogP contribution in [0.4, 0.5) is 0 Å². The normalized spacial score (nSPS) is 10.0. The van der Waals surface area contributed by atoms with E-state index in [0.29, 0.717) is 10.6 Å². The van der Waals surface area contributed by atoms with E-state index in [-0.39, 0.29) is 23.5 Å². The second kappa shape index (κ2) is 9.44. The van der Waals surface area contributed by atoms with Gasteiger partial charge in [0.25, 0.3) is 11.8 Å². The van der Waals surface area contributed by atoms with Crippen molar-refractivity contribution in [2.75, 3.05) is 13.7 Å². The van der Waals surface area contributed by atoms with E-state index in [9.17, 15) is 19.5 Å². The molecule has 0 saturated carbocycles. The van der Waals surface area contributed by atoms with E-state index >= 15 is 0 Å². The van der Waals surface area contributed by atoms with E-state index in [1.807, 2.05) is 0 Å². The summed E-state index contributed by atoms with van der Waals surface area (Å²) in [5.74, 6) is -1.62. The lowest BCUT2D eigenvalue weighted by atomic mass is 10.1. The molecule has 0 radical (unpaired) electrons. The fourth-order valence-electron chi connectivity index (χ4n) is 2.07. The number of carbonyl (C=O) groups is 3. The van der Waals surface area contributed by atoms with E-state index < -0.39 is 24.4 Å². The zero-order valence-electron chi connectivity index (χ0n) is 14.3. The molecule has 0 aliphatic carbocycles. The van der Waals surface area contributed by atoms with Gasteiger partial charge in [0.15, 0.2) is 6.61 Å². The van der Waals surface area contributed by atoms with Crippen molar-refractivity contribution in [3.63, 3.8) is 0 Å². The van der Waals surface area contributed by atoms with Crippen molar-refractivity contribution >= 4 is 29.4 Å². The highest BCUT2D eigenvalue weighted by Crippen LogP contribution is 2.22. The Balaban J connectivity index is 1.79. The summed E-state index contributed by atoms with van der Waals surface area (Å²) < 4.78 is 9.88. The van der Waals surface area contributed by atoms with Crippen molar-refractivity contribution in [2.24, 2.45) is 0 Å². The number of carbonyl (C=O) groups excluding carboxylic acids is 3. The third-order valence-corrected chi connectivity index (χ3v) is 3.61. The lowest BCUT2D eigenvalue weighted by molar-refractivity contribution is -0.148. The average molecular weight is 393 g/mol. The minimum atomic E-state index is -0.719. The van der Waals surface area contributed by atoms with Gasteiger partial charge in [-0.3, -0.25) is 25.2 Å².